The Morgan fingerprint density at radius 1 is 0.633 bits per heavy atom. The molecule has 0 radical (unpaired) electrons. The Hall–Kier alpha value is -4.43. The largest absolute Gasteiger partial charge is 1.00 e. The number of nitrogens with zero attached hydrogens (tertiary/aromatic N) is 8. The third-order valence-electron chi connectivity index (χ3n) is 7.64. The molecule has 0 amide bonds. The minimum absolute atomic E-state index is 0. The summed E-state index contributed by atoms with van der Waals surface area (Å²) in [6.07, 6.45) is 2.32. The monoisotopic (exact) mass is 911 g/mol. The molecule has 10 N–H and O–H groups in total. The van der Waals surface area contributed by atoms with E-state index in [1.54, 1.807) is 0 Å². The molecule has 324 valence electrons. The van der Waals surface area contributed by atoms with Crippen LogP contribution >= 0.6 is 0 Å². The maximum absolute atomic E-state index is 12.6. The van der Waals surface area contributed by atoms with Gasteiger partial charge in [0.05, 0.1) is 39.3 Å². The van der Waals surface area contributed by atoms with Gasteiger partial charge in [0, 0.05) is 44.1 Å². The Labute approximate surface area is 367 Å². The second kappa shape index (κ2) is 22.4. The average Bonchev–Trinajstić information content (AvgIpc) is 3.16. The average molecular weight is 912 g/mol. The van der Waals surface area contributed by atoms with Crippen molar-refractivity contribution in [3.05, 3.63) is 47.5 Å². The molecule has 0 saturated carbocycles. The molecule has 0 saturated heterocycles. The number of ether oxygens (including phenoxy) is 1. The quantitative estimate of drug-likeness (QED) is 0.0194. The third kappa shape index (κ3) is 14.9. The van der Waals surface area contributed by atoms with Crippen molar-refractivity contribution in [2.75, 3.05) is 97.8 Å². The first kappa shape index (κ1) is 49.9. The van der Waals surface area contributed by atoms with Gasteiger partial charge in [-0.15, -0.1) is 0 Å². The van der Waals surface area contributed by atoms with Gasteiger partial charge >= 0.3 is 35.6 Å². The third-order valence-corrected chi connectivity index (χ3v) is 10.2. The Balaban J connectivity index is 0.00000641. The molecule has 4 rings (SSSR count). The molecular weight excluding hydrogens is 870 g/mol. The number of rotatable bonds is 23. The number of aliphatic hydroxyl groups excluding tert-OH is 4. The predicted octanol–water partition coefficient (Wildman–Crippen LogP) is -3.79. The molecular formula is C31H42N11NaO14S3. The van der Waals surface area contributed by atoms with Crippen LogP contribution in [0.1, 0.15) is 12.6 Å². The standard InChI is InChI=1S/C31H41N11O14S3.Na.H/c1-56-31-39-28(38-30(40-31)42(11-15-45)12-16-46)34-23-7-5-21(25(19-23)59(53,54)55)3-2-20-4-6-22(18-24(20)58(50,51)52)33-27-35-26(32-8-17-57(47,48)49)36-29(37-27)41(9-13-43)10-14-44;;/h2-7,18-19,43-46H,8-17H2,1H3,(H,47,48,49)(H,50,51,52)(H,53,54,55)(H,34,38,39,40)(H2,32,33,35,36,37);;/q;+1;-1/b3-2+;;. The summed E-state index contributed by atoms with van der Waals surface area (Å²) in [5.74, 6) is -1.35. The normalized spacial score (nSPS) is 11.9. The van der Waals surface area contributed by atoms with Gasteiger partial charge in [0.15, 0.2) is 0 Å². The topological polar surface area (TPSA) is 373 Å². The van der Waals surface area contributed by atoms with Crippen molar-refractivity contribution in [1.82, 2.24) is 29.9 Å². The summed E-state index contributed by atoms with van der Waals surface area (Å²) in [5.41, 5.74) is -0.195. The van der Waals surface area contributed by atoms with Crippen LogP contribution in [0, 0.1) is 0 Å². The summed E-state index contributed by atoms with van der Waals surface area (Å²) < 4.78 is 107. The number of aromatic nitrogens is 6. The van der Waals surface area contributed by atoms with E-state index in [1.165, 1.54) is 41.2 Å². The number of nitrogens with one attached hydrogen (secondary N) is 3. The van der Waals surface area contributed by atoms with E-state index < -0.39 is 45.9 Å². The van der Waals surface area contributed by atoms with E-state index in [0.29, 0.717) is 0 Å². The van der Waals surface area contributed by atoms with Crippen molar-refractivity contribution in [2.24, 2.45) is 0 Å². The zero-order valence-corrected chi connectivity index (χ0v) is 36.4. The van der Waals surface area contributed by atoms with Crippen molar-refractivity contribution in [2.45, 2.75) is 9.79 Å². The molecule has 0 aliphatic heterocycles. The summed E-state index contributed by atoms with van der Waals surface area (Å²) in [4.78, 5) is 26.4. The SMILES string of the molecule is COc1nc(Nc2ccc(/C=C/c3ccc(Nc4nc(NCCS(=O)(=O)O)nc(N(CCO)CCO)n4)cc3S(=O)(=O)O)c(S(=O)(=O)O)c2)nc(N(CCO)CCO)n1.[H-].[Na+]. The van der Waals surface area contributed by atoms with Gasteiger partial charge in [0.2, 0.25) is 29.7 Å². The first-order chi connectivity index (χ1) is 27.9. The molecule has 0 aliphatic carbocycles. The van der Waals surface area contributed by atoms with Gasteiger partial charge in [0.1, 0.15) is 9.79 Å². The maximum Gasteiger partial charge on any atom is 1.00 e. The van der Waals surface area contributed by atoms with Crippen molar-refractivity contribution < 1.29 is 95.1 Å². The molecule has 0 bridgehead atoms. The summed E-state index contributed by atoms with van der Waals surface area (Å²) in [6.45, 7) is -1.61. The molecule has 4 aromatic rings. The summed E-state index contributed by atoms with van der Waals surface area (Å²) >= 11 is 0. The van der Waals surface area contributed by atoms with E-state index in [-0.39, 0.29) is 148 Å². The van der Waals surface area contributed by atoms with Crippen molar-refractivity contribution >= 4 is 83.6 Å². The first-order valence-corrected chi connectivity index (χ1v) is 21.5. The minimum Gasteiger partial charge on any atom is -1.00 e. The van der Waals surface area contributed by atoms with Gasteiger partial charge in [-0.1, -0.05) is 24.3 Å². The number of benzene rings is 2. The second-order valence-corrected chi connectivity index (χ2v) is 16.2. The summed E-state index contributed by atoms with van der Waals surface area (Å²) in [7, 11) is -13.0. The summed E-state index contributed by atoms with van der Waals surface area (Å²) in [5, 5.41) is 45.9. The second-order valence-electron chi connectivity index (χ2n) is 11.8. The van der Waals surface area contributed by atoms with Gasteiger partial charge in [-0.25, -0.2) is 0 Å². The molecule has 0 unspecified atom stereocenters. The van der Waals surface area contributed by atoms with E-state index in [0.717, 1.165) is 24.3 Å². The molecule has 0 fully saturated rings. The smallest absolute Gasteiger partial charge is 1.00 e. The predicted molar refractivity (Wildman–Crippen MR) is 213 cm³/mol. The van der Waals surface area contributed by atoms with Crippen LogP contribution in [0.25, 0.3) is 12.2 Å². The number of hydrogen-bond acceptors (Lipinski definition) is 22. The fraction of sp³-hybridized carbons (Fsp3) is 0.355. The Morgan fingerprint density at radius 3 is 1.45 bits per heavy atom. The van der Waals surface area contributed by atoms with E-state index in [9.17, 15) is 54.8 Å². The Kier molecular flexibility index (Phi) is 18.7. The van der Waals surface area contributed by atoms with Crippen LogP contribution in [0.3, 0.4) is 0 Å². The molecule has 25 nitrogen and oxygen atoms in total. The van der Waals surface area contributed by atoms with Crippen LogP contribution in [0.2, 0.25) is 0 Å². The summed E-state index contributed by atoms with van der Waals surface area (Å²) in [6, 6.07) is 7.13. The van der Waals surface area contributed by atoms with E-state index in [4.69, 9.17) is 9.29 Å². The van der Waals surface area contributed by atoms with E-state index >= 15 is 0 Å². The van der Waals surface area contributed by atoms with Crippen molar-refractivity contribution in [3.8, 4) is 6.01 Å². The fourth-order valence-electron chi connectivity index (χ4n) is 5.06. The molecule has 29 heteroatoms. The molecule has 2 aromatic carbocycles. The van der Waals surface area contributed by atoms with E-state index in [2.05, 4.69) is 45.9 Å². The van der Waals surface area contributed by atoms with Crippen LogP contribution in [0.4, 0.5) is 41.1 Å². The molecule has 2 aromatic heterocycles. The fourth-order valence-corrected chi connectivity index (χ4v) is 6.84. The van der Waals surface area contributed by atoms with Crippen LogP contribution < -0.4 is 60.0 Å². The van der Waals surface area contributed by atoms with Crippen LogP contribution in [0.5, 0.6) is 6.01 Å². The van der Waals surface area contributed by atoms with Gasteiger partial charge < -0.3 is 52.3 Å². The Morgan fingerprint density at radius 2 is 1.05 bits per heavy atom. The number of aliphatic hydroxyl groups is 4. The van der Waals surface area contributed by atoms with Gasteiger partial charge in [-0.05, 0) is 35.4 Å². The number of hydrogen-bond donors (Lipinski definition) is 10. The Bertz CT molecular complexity index is 2450. The van der Waals surface area contributed by atoms with Crippen molar-refractivity contribution in [1.29, 1.82) is 0 Å². The molecule has 0 spiro atoms. The molecule has 0 aliphatic rings. The maximum atomic E-state index is 12.6. The van der Waals surface area contributed by atoms with Crippen molar-refractivity contribution in [3.63, 3.8) is 0 Å². The minimum atomic E-state index is -4.97. The van der Waals surface area contributed by atoms with Gasteiger partial charge in [0.25, 0.3) is 30.4 Å². The van der Waals surface area contributed by atoms with Gasteiger partial charge in [-0.2, -0.15) is 55.2 Å². The van der Waals surface area contributed by atoms with Crippen LogP contribution in [0.15, 0.2) is 46.2 Å². The van der Waals surface area contributed by atoms with Crippen LogP contribution in [-0.2, 0) is 30.4 Å². The van der Waals surface area contributed by atoms with Gasteiger partial charge in [-0.3, -0.25) is 13.7 Å². The zero-order chi connectivity index (χ0) is 43.4. The first-order valence-electron chi connectivity index (χ1n) is 17.0. The number of anilines is 7. The van der Waals surface area contributed by atoms with E-state index in [1.807, 2.05) is 0 Å². The molecule has 2 heterocycles. The zero-order valence-electron chi connectivity index (χ0n) is 33.0. The molecule has 0 atom stereocenters. The molecule has 60 heavy (non-hydrogen) atoms. The van der Waals surface area contributed by atoms with Crippen LogP contribution in [-0.4, -0.2) is 161 Å². The number of methoxy groups -OCH3 is 1.